The van der Waals surface area contributed by atoms with Gasteiger partial charge in [-0.25, -0.2) is 0 Å². The SMILES string of the molecule is CCN(CC)CCOc1ccc(/C(=C\c2ccc(OC)cc2)C2CCCCC2)cc1. The van der Waals surface area contributed by atoms with Crippen molar-refractivity contribution in [2.75, 3.05) is 33.4 Å². The second-order valence-electron chi connectivity index (χ2n) is 8.11. The van der Waals surface area contributed by atoms with Gasteiger partial charge in [0.1, 0.15) is 18.1 Å². The van der Waals surface area contributed by atoms with Gasteiger partial charge in [-0.3, -0.25) is 0 Å². The molecule has 30 heavy (non-hydrogen) atoms. The maximum atomic E-state index is 5.99. The van der Waals surface area contributed by atoms with Gasteiger partial charge < -0.3 is 14.4 Å². The average Bonchev–Trinajstić information content (AvgIpc) is 2.82. The molecule has 0 spiro atoms. The Morgan fingerprint density at radius 2 is 1.53 bits per heavy atom. The highest BCUT2D eigenvalue weighted by molar-refractivity contribution is 5.83. The van der Waals surface area contributed by atoms with E-state index >= 15 is 0 Å². The molecule has 3 heteroatoms. The number of ether oxygens (including phenoxy) is 2. The summed E-state index contributed by atoms with van der Waals surface area (Å²) in [6.07, 6.45) is 8.96. The average molecular weight is 408 g/mol. The van der Waals surface area contributed by atoms with E-state index in [9.17, 15) is 0 Å². The Labute approximate surface area is 182 Å². The summed E-state index contributed by atoms with van der Waals surface area (Å²) in [5.41, 5.74) is 4.00. The second kappa shape index (κ2) is 11.8. The molecule has 2 aromatic carbocycles. The van der Waals surface area contributed by atoms with Gasteiger partial charge in [0, 0.05) is 6.54 Å². The Kier molecular flexibility index (Phi) is 8.82. The summed E-state index contributed by atoms with van der Waals surface area (Å²) >= 11 is 0. The lowest BCUT2D eigenvalue weighted by Gasteiger charge is -2.25. The van der Waals surface area contributed by atoms with Gasteiger partial charge >= 0.3 is 0 Å². The van der Waals surface area contributed by atoms with Gasteiger partial charge in [0.05, 0.1) is 7.11 Å². The Hall–Kier alpha value is -2.26. The van der Waals surface area contributed by atoms with E-state index in [2.05, 4.69) is 61.2 Å². The first kappa shape index (κ1) is 22.4. The maximum absolute atomic E-state index is 5.99. The van der Waals surface area contributed by atoms with Crippen LogP contribution in [0.2, 0.25) is 0 Å². The molecule has 0 atom stereocenters. The van der Waals surface area contributed by atoms with Crippen molar-refractivity contribution in [3.05, 3.63) is 59.7 Å². The first-order valence-electron chi connectivity index (χ1n) is 11.5. The predicted octanol–water partition coefficient (Wildman–Crippen LogP) is 6.54. The number of likely N-dealkylation sites (N-methyl/N-ethyl adjacent to an activating group) is 1. The van der Waals surface area contributed by atoms with Crippen LogP contribution in [0.15, 0.2) is 48.5 Å². The largest absolute Gasteiger partial charge is 0.497 e. The highest BCUT2D eigenvalue weighted by Crippen LogP contribution is 2.37. The molecule has 0 bridgehead atoms. The lowest BCUT2D eigenvalue weighted by atomic mass is 9.80. The van der Waals surface area contributed by atoms with Gasteiger partial charge in [0.25, 0.3) is 0 Å². The van der Waals surface area contributed by atoms with Crippen LogP contribution in [0, 0.1) is 5.92 Å². The molecule has 1 fully saturated rings. The van der Waals surface area contributed by atoms with E-state index in [4.69, 9.17) is 9.47 Å². The molecule has 0 aromatic heterocycles. The molecule has 1 aliphatic rings. The first-order valence-corrected chi connectivity index (χ1v) is 11.5. The van der Waals surface area contributed by atoms with Crippen molar-refractivity contribution in [1.29, 1.82) is 0 Å². The quantitative estimate of drug-likeness (QED) is 0.418. The summed E-state index contributed by atoms with van der Waals surface area (Å²) in [7, 11) is 1.71. The number of benzene rings is 2. The van der Waals surface area contributed by atoms with Crippen LogP contribution >= 0.6 is 0 Å². The minimum atomic E-state index is 0.635. The van der Waals surface area contributed by atoms with E-state index in [-0.39, 0.29) is 0 Å². The number of allylic oxidation sites excluding steroid dienone is 1. The van der Waals surface area contributed by atoms with Crippen LogP contribution in [-0.4, -0.2) is 38.3 Å². The third-order valence-corrected chi connectivity index (χ3v) is 6.24. The number of methoxy groups -OCH3 is 1. The minimum absolute atomic E-state index is 0.635. The van der Waals surface area contributed by atoms with E-state index in [1.165, 1.54) is 48.8 Å². The van der Waals surface area contributed by atoms with Gasteiger partial charge in [0.2, 0.25) is 0 Å². The predicted molar refractivity (Wildman–Crippen MR) is 127 cm³/mol. The van der Waals surface area contributed by atoms with Crippen molar-refractivity contribution in [3.8, 4) is 11.5 Å². The van der Waals surface area contributed by atoms with Crippen LogP contribution in [-0.2, 0) is 0 Å². The molecular formula is C27H37NO2. The molecule has 3 rings (SSSR count). The van der Waals surface area contributed by atoms with Crippen molar-refractivity contribution in [3.63, 3.8) is 0 Å². The zero-order valence-corrected chi connectivity index (χ0v) is 18.9. The molecule has 0 radical (unpaired) electrons. The van der Waals surface area contributed by atoms with Crippen LogP contribution in [0.5, 0.6) is 11.5 Å². The molecule has 2 aromatic rings. The molecule has 1 saturated carbocycles. The smallest absolute Gasteiger partial charge is 0.119 e. The van der Waals surface area contributed by atoms with E-state index in [0.29, 0.717) is 5.92 Å². The summed E-state index contributed by atoms with van der Waals surface area (Å²) in [6, 6.07) is 17.1. The molecular weight excluding hydrogens is 370 g/mol. The molecule has 0 amide bonds. The van der Waals surface area contributed by atoms with Crippen molar-refractivity contribution in [2.45, 2.75) is 46.0 Å². The number of nitrogens with zero attached hydrogens (tertiary/aromatic N) is 1. The summed E-state index contributed by atoms with van der Waals surface area (Å²) in [6.45, 7) is 8.23. The highest BCUT2D eigenvalue weighted by Gasteiger charge is 2.19. The van der Waals surface area contributed by atoms with Gasteiger partial charge in [-0.05, 0) is 72.8 Å². The highest BCUT2D eigenvalue weighted by atomic mass is 16.5. The minimum Gasteiger partial charge on any atom is -0.497 e. The molecule has 0 N–H and O–H groups in total. The molecule has 0 heterocycles. The summed E-state index contributed by atoms with van der Waals surface area (Å²) in [5, 5.41) is 0. The lowest BCUT2D eigenvalue weighted by Crippen LogP contribution is -2.27. The maximum Gasteiger partial charge on any atom is 0.119 e. The van der Waals surface area contributed by atoms with Gasteiger partial charge in [-0.1, -0.05) is 63.5 Å². The Morgan fingerprint density at radius 3 is 2.13 bits per heavy atom. The molecule has 3 nitrogen and oxygen atoms in total. The van der Waals surface area contributed by atoms with E-state index < -0.39 is 0 Å². The lowest BCUT2D eigenvalue weighted by molar-refractivity contribution is 0.223. The van der Waals surface area contributed by atoms with Gasteiger partial charge in [-0.2, -0.15) is 0 Å². The third kappa shape index (κ3) is 6.37. The summed E-state index contributed by atoms with van der Waals surface area (Å²) < 4.78 is 11.3. The summed E-state index contributed by atoms with van der Waals surface area (Å²) in [4.78, 5) is 2.38. The van der Waals surface area contributed by atoms with Crippen molar-refractivity contribution in [1.82, 2.24) is 4.90 Å². The van der Waals surface area contributed by atoms with Crippen LogP contribution in [0.25, 0.3) is 11.6 Å². The van der Waals surface area contributed by atoms with Crippen LogP contribution in [0.1, 0.15) is 57.1 Å². The Balaban J connectivity index is 1.74. The van der Waals surface area contributed by atoms with Gasteiger partial charge in [0.15, 0.2) is 0 Å². The van der Waals surface area contributed by atoms with Crippen LogP contribution in [0.3, 0.4) is 0 Å². The fourth-order valence-corrected chi connectivity index (χ4v) is 4.31. The van der Waals surface area contributed by atoms with Gasteiger partial charge in [-0.15, -0.1) is 0 Å². The zero-order chi connectivity index (χ0) is 21.2. The van der Waals surface area contributed by atoms with E-state index in [1.54, 1.807) is 7.11 Å². The molecule has 0 saturated heterocycles. The molecule has 0 aliphatic heterocycles. The van der Waals surface area contributed by atoms with Crippen molar-refractivity contribution >= 4 is 11.6 Å². The van der Waals surface area contributed by atoms with Crippen molar-refractivity contribution < 1.29 is 9.47 Å². The molecule has 1 aliphatic carbocycles. The molecule has 162 valence electrons. The fraction of sp³-hybridized carbons (Fsp3) is 0.481. The zero-order valence-electron chi connectivity index (χ0n) is 18.9. The van der Waals surface area contributed by atoms with Crippen LogP contribution < -0.4 is 9.47 Å². The van der Waals surface area contributed by atoms with E-state index in [1.807, 2.05) is 12.1 Å². The Morgan fingerprint density at radius 1 is 0.900 bits per heavy atom. The van der Waals surface area contributed by atoms with Crippen molar-refractivity contribution in [2.24, 2.45) is 5.92 Å². The number of rotatable bonds is 10. The fourth-order valence-electron chi connectivity index (χ4n) is 4.31. The normalized spacial score (nSPS) is 15.4. The number of hydrogen-bond acceptors (Lipinski definition) is 3. The van der Waals surface area contributed by atoms with Crippen LogP contribution in [0.4, 0.5) is 0 Å². The monoisotopic (exact) mass is 407 g/mol. The Bertz CT molecular complexity index is 770. The number of hydrogen-bond donors (Lipinski definition) is 0. The topological polar surface area (TPSA) is 21.7 Å². The second-order valence-corrected chi connectivity index (χ2v) is 8.11. The van der Waals surface area contributed by atoms with E-state index in [0.717, 1.165) is 37.7 Å². The summed E-state index contributed by atoms with van der Waals surface area (Å²) in [5.74, 6) is 2.49. The standard InChI is InChI=1S/C27H37NO2/c1-4-28(5-2)19-20-30-26-17-13-24(14-18-26)27(23-9-7-6-8-10-23)21-22-11-15-25(29-3)16-12-22/h11-18,21,23H,4-10,19-20H2,1-3H3/b27-21-. The third-order valence-electron chi connectivity index (χ3n) is 6.24. The first-order chi connectivity index (χ1) is 14.7. The molecule has 0 unspecified atom stereocenters.